The predicted molar refractivity (Wildman–Crippen MR) is 44.9 cm³/mol. The molecule has 13 heavy (non-hydrogen) atoms. The van der Waals surface area contributed by atoms with Gasteiger partial charge in [0.25, 0.3) is 0 Å². The highest BCUT2D eigenvalue weighted by molar-refractivity contribution is 7.89. The number of rotatable bonds is 2. The molecule has 0 aliphatic heterocycles. The maximum absolute atomic E-state index is 12.8. The number of nitrogens with zero attached hydrogens (tertiary/aromatic N) is 1. The Bertz CT molecular complexity index is 418. The van der Waals surface area contributed by atoms with Crippen molar-refractivity contribution in [3.63, 3.8) is 0 Å². The number of hydrogen-bond donors (Lipinski definition) is 2. The molecule has 0 atom stereocenters. The van der Waals surface area contributed by atoms with Gasteiger partial charge in [-0.2, -0.15) is 0 Å². The normalized spacial score (nSPS) is 11.5. The molecule has 7 heteroatoms. The smallest absolute Gasteiger partial charge is 0.241 e. The van der Waals surface area contributed by atoms with Crippen LogP contribution in [0.1, 0.15) is 0 Å². The molecule has 0 bridgehead atoms. The van der Waals surface area contributed by atoms with Crippen LogP contribution in [-0.2, 0) is 10.0 Å². The van der Waals surface area contributed by atoms with Gasteiger partial charge in [-0.05, 0) is 13.1 Å². The Morgan fingerprint density at radius 2 is 2.23 bits per heavy atom. The van der Waals surface area contributed by atoms with Crippen molar-refractivity contribution < 1.29 is 12.8 Å². The minimum absolute atomic E-state index is 0.248. The number of nitrogens with one attached hydrogen (secondary N) is 1. The van der Waals surface area contributed by atoms with Crippen molar-refractivity contribution in [3.8, 4) is 0 Å². The Labute approximate surface area is 74.8 Å². The highest BCUT2D eigenvalue weighted by Gasteiger charge is 2.13. The molecule has 0 saturated carbocycles. The topological polar surface area (TPSA) is 85.1 Å². The van der Waals surface area contributed by atoms with Crippen LogP contribution in [0.15, 0.2) is 17.2 Å². The molecule has 0 spiro atoms. The van der Waals surface area contributed by atoms with Gasteiger partial charge in [0.1, 0.15) is 4.90 Å². The van der Waals surface area contributed by atoms with E-state index in [0.29, 0.717) is 0 Å². The fourth-order valence-corrected chi connectivity index (χ4v) is 1.38. The van der Waals surface area contributed by atoms with Crippen LogP contribution in [0.25, 0.3) is 0 Å². The van der Waals surface area contributed by atoms with E-state index >= 15 is 0 Å². The fourth-order valence-electron chi connectivity index (χ4n) is 0.696. The Balaban J connectivity index is 3.27. The van der Waals surface area contributed by atoms with Crippen molar-refractivity contribution >= 4 is 15.8 Å². The number of anilines is 1. The molecule has 1 rings (SSSR count). The van der Waals surface area contributed by atoms with Crippen LogP contribution in [0.2, 0.25) is 0 Å². The third kappa shape index (κ3) is 1.93. The van der Waals surface area contributed by atoms with E-state index in [-0.39, 0.29) is 10.7 Å². The van der Waals surface area contributed by atoms with E-state index in [1.54, 1.807) is 0 Å². The van der Waals surface area contributed by atoms with Gasteiger partial charge in [0, 0.05) is 6.20 Å². The molecule has 0 aromatic carbocycles. The van der Waals surface area contributed by atoms with Crippen LogP contribution < -0.4 is 10.5 Å². The predicted octanol–water partition coefficient (Wildman–Crippen LogP) is -0.289. The molecule has 0 amide bonds. The van der Waals surface area contributed by atoms with Crippen molar-refractivity contribution in [2.45, 2.75) is 4.90 Å². The van der Waals surface area contributed by atoms with Crippen LogP contribution in [0.5, 0.6) is 0 Å². The van der Waals surface area contributed by atoms with Gasteiger partial charge in [0.2, 0.25) is 10.0 Å². The molecule has 3 N–H and O–H groups in total. The number of nitrogen functional groups attached to an aromatic ring is 1. The molecule has 1 heterocycles. The van der Waals surface area contributed by atoms with Gasteiger partial charge in [0.15, 0.2) is 11.6 Å². The van der Waals surface area contributed by atoms with Gasteiger partial charge in [-0.25, -0.2) is 22.5 Å². The molecule has 0 radical (unpaired) electrons. The van der Waals surface area contributed by atoms with E-state index in [1.165, 1.54) is 7.05 Å². The van der Waals surface area contributed by atoms with E-state index in [4.69, 9.17) is 5.73 Å². The number of hydrogen-bond acceptors (Lipinski definition) is 4. The molecule has 72 valence electrons. The summed E-state index contributed by atoms with van der Waals surface area (Å²) in [4.78, 5) is 3.13. The van der Waals surface area contributed by atoms with Crippen LogP contribution >= 0.6 is 0 Å². The van der Waals surface area contributed by atoms with E-state index < -0.39 is 15.8 Å². The lowest BCUT2D eigenvalue weighted by Crippen LogP contribution is -2.19. The second kappa shape index (κ2) is 3.27. The van der Waals surface area contributed by atoms with Gasteiger partial charge in [0.05, 0.1) is 0 Å². The van der Waals surface area contributed by atoms with Crippen LogP contribution in [-0.4, -0.2) is 20.4 Å². The minimum atomic E-state index is -3.65. The molecule has 0 saturated heterocycles. The molecule has 0 aliphatic carbocycles. The summed E-state index contributed by atoms with van der Waals surface area (Å²) in [6.45, 7) is 0. The molecule has 1 aromatic heterocycles. The summed E-state index contributed by atoms with van der Waals surface area (Å²) in [5.41, 5.74) is 5.07. The molecular formula is C6H8FN3O2S. The van der Waals surface area contributed by atoms with Crippen LogP contribution in [0.3, 0.4) is 0 Å². The first-order chi connectivity index (χ1) is 5.97. The number of sulfonamides is 1. The lowest BCUT2D eigenvalue weighted by molar-refractivity contribution is 0.582. The number of pyridine rings is 1. The van der Waals surface area contributed by atoms with E-state index in [9.17, 15) is 12.8 Å². The summed E-state index contributed by atoms with van der Waals surface area (Å²) in [6, 6.07) is 0.814. The van der Waals surface area contributed by atoms with Crippen molar-refractivity contribution in [1.82, 2.24) is 9.71 Å². The first-order valence-electron chi connectivity index (χ1n) is 3.32. The van der Waals surface area contributed by atoms with E-state index in [1.807, 2.05) is 4.72 Å². The molecule has 0 fully saturated rings. The van der Waals surface area contributed by atoms with E-state index in [0.717, 1.165) is 12.3 Å². The lowest BCUT2D eigenvalue weighted by atomic mass is 10.4. The van der Waals surface area contributed by atoms with Gasteiger partial charge in [-0.15, -0.1) is 0 Å². The fraction of sp³-hybridized carbons (Fsp3) is 0.167. The quantitative estimate of drug-likeness (QED) is 0.694. The molecule has 0 unspecified atom stereocenters. The zero-order valence-electron chi connectivity index (χ0n) is 6.78. The maximum atomic E-state index is 12.8. The Kier molecular flexibility index (Phi) is 2.48. The Morgan fingerprint density at radius 1 is 1.62 bits per heavy atom. The van der Waals surface area contributed by atoms with E-state index in [2.05, 4.69) is 4.98 Å². The van der Waals surface area contributed by atoms with Gasteiger partial charge < -0.3 is 5.73 Å². The summed E-state index contributed by atoms with van der Waals surface area (Å²) in [6.07, 6.45) is 0.990. The summed E-state index contributed by atoms with van der Waals surface area (Å²) in [7, 11) is -2.42. The zero-order valence-corrected chi connectivity index (χ0v) is 7.60. The van der Waals surface area contributed by atoms with Crippen LogP contribution in [0.4, 0.5) is 10.2 Å². The maximum Gasteiger partial charge on any atom is 0.241 e. The molecular weight excluding hydrogens is 197 g/mol. The average Bonchev–Trinajstić information content (AvgIpc) is 2.09. The number of halogens is 1. The summed E-state index contributed by atoms with van der Waals surface area (Å²) < 4.78 is 37.0. The first-order valence-corrected chi connectivity index (χ1v) is 4.80. The average molecular weight is 205 g/mol. The van der Waals surface area contributed by atoms with Gasteiger partial charge in [-0.3, -0.25) is 0 Å². The second-order valence-electron chi connectivity index (χ2n) is 2.25. The van der Waals surface area contributed by atoms with Crippen molar-refractivity contribution in [1.29, 1.82) is 0 Å². The SMILES string of the molecule is CNS(=O)(=O)c1cnc(N)c(F)c1. The molecule has 5 nitrogen and oxygen atoms in total. The summed E-state index contributed by atoms with van der Waals surface area (Å²) >= 11 is 0. The molecule has 1 aromatic rings. The highest BCUT2D eigenvalue weighted by Crippen LogP contribution is 2.12. The van der Waals surface area contributed by atoms with Gasteiger partial charge in [-0.1, -0.05) is 0 Å². The highest BCUT2D eigenvalue weighted by atomic mass is 32.2. The Morgan fingerprint density at radius 3 is 2.69 bits per heavy atom. The monoisotopic (exact) mass is 205 g/mol. The largest absolute Gasteiger partial charge is 0.381 e. The molecule has 0 aliphatic rings. The third-order valence-electron chi connectivity index (χ3n) is 1.42. The summed E-state index contributed by atoms with van der Waals surface area (Å²) in [5.74, 6) is -1.17. The second-order valence-corrected chi connectivity index (χ2v) is 4.13. The Hall–Kier alpha value is -1.21. The van der Waals surface area contributed by atoms with Crippen molar-refractivity contribution in [2.75, 3.05) is 12.8 Å². The van der Waals surface area contributed by atoms with Crippen molar-refractivity contribution in [2.24, 2.45) is 0 Å². The standard InChI is InChI=1S/C6H8FN3O2S/c1-9-13(11,12)4-2-5(7)6(8)10-3-4/h2-3,9H,1H3,(H2,8,10). The van der Waals surface area contributed by atoms with Gasteiger partial charge >= 0.3 is 0 Å². The van der Waals surface area contributed by atoms with Crippen molar-refractivity contribution in [3.05, 3.63) is 18.1 Å². The zero-order chi connectivity index (χ0) is 10.1. The number of nitrogens with two attached hydrogens (primary N) is 1. The first kappa shape index (κ1) is 9.87. The number of aromatic nitrogens is 1. The summed E-state index contributed by atoms with van der Waals surface area (Å²) in [5, 5.41) is 0. The lowest BCUT2D eigenvalue weighted by Gasteiger charge is -2.02. The third-order valence-corrected chi connectivity index (χ3v) is 2.80. The van der Waals surface area contributed by atoms with Crippen LogP contribution in [0, 0.1) is 5.82 Å². The minimum Gasteiger partial charge on any atom is -0.381 e.